The van der Waals surface area contributed by atoms with Gasteiger partial charge in [-0.2, -0.15) is 0 Å². The van der Waals surface area contributed by atoms with Gasteiger partial charge in [0.15, 0.2) is 5.82 Å². The van der Waals surface area contributed by atoms with Gasteiger partial charge in [-0.3, -0.25) is 9.59 Å². The van der Waals surface area contributed by atoms with Crippen molar-refractivity contribution in [2.45, 2.75) is 38.6 Å². The zero-order chi connectivity index (χ0) is 25.6. The molecule has 1 saturated carbocycles. The second-order valence-electron chi connectivity index (χ2n) is 10.0. The molecule has 2 aromatic carbocycles. The van der Waals surface area contributed by atoms with E-state index >= 15 is 0 Å². The van der Waals surface area contributed by atoms with Gasteiger partial charge in [-0.25, -0.2) is 0 Å². The van der Waals surface area contributed by atoms with E-state index in [9.17, 15) is 9.59 Å². The maximum Gasteiger partial charge on any atom is 0.242 e. The predicted molar refractivity (Wildman–Crippen MR) is 145 cm³/mol. The van der Waals surface area contributed by atoms with E-state index in [4.69, 9.17) is 0 Å². The van der Waals surface area contributed by atoms with Gasteiger partial charge in [-0.05, 0) is 43.9 Å². The smallest absolute Gasteiger partial charge is 0.242 e. The van der Waals surface area contributed by atoms with Crippen LogP contribution in [0, 0.1) is 5.92 Å². The minimum Gasteiger partial charge on any atom is -0.353 e. The molecule has 7 nitrogen and oxygen atoms in total. The Bertz CT molecular complexity index is 1180. The molecule has 2 fully saturated rings. The molecule has 0 unspecified atom stereocenters. The molecule has 0 bridgehead atoms. The lowest BCUT2D eigenvalue weighted by molar-refractivity contribution is -0.146. The fourth-order valence-electron chi connectivity index (χ4n) is 5.11. The number of rotatable bonds is 7. The summed E-state index contributed by atoms with van der Waals surface area (Å²) in [5, 5.41) is 8.90. The molecule has 1 aromatic heterocycles. The van der Waals surface area contributed by atoms with Crippen molar-refractivity contribution in [3.8, 4) is 11.3 Å². The van der Waals surface area contributed by atoms with Gasteiger partial charge in [0.05, 0.1) is 11.7 Å². The lowest BCUT2D eigenvalue weighted by Crippen LogP contribution is -2.47. The maximum atomic E-state index is 13.5. The number of anilines is 1. The van der Waals surface area contributed by atoms with E-state index < -0.39 is 0 Å². The first-order valence-corrected chi connectivity index (χ1v) is 13.4. The number of carbonyl (C=O) groups is 2. The van der Waals surface area contributed by atoms with Crippen molar-refractivity contribution in [3.05, 3.63) is 78.4 Å². The molecule has 2 amide bonds. The lowest BCUT2D eigenvalue weighted by atomic mass is 9.84. The van der Waals surface area contributed by atoms with Gasteiger partial charge in [0.25, 0.3) is 0 Å². The molecule has 1 saturated heterocycles. The largest absolute Gasteiger partial charge is 0.353 e. The Morgan fingerprint density at radius 2 is 1.59 bits per heavy atom. The summed E-state index contributed by atoms with van der Waals surface area (Å²) >= 11 is 0. The summed E-state index contributed by atoms with van der Waals surface area (Å²) in [5.74, 6) is 1.01. The molecule has 1 aliphatic carbocycles. The number of hydrogen-bond donors (Lipinski definition) is 0. The molecular formula is C30H35N5O2. The molecule has 5 rings (SSSR count). The minimum absolute atomic E-state index is 0.0165. The van der Waals surface area contributed by atoms with Gasteiger partial charge in [0.1, 0.15) is 6.54 Å². The van der Waals surface area contributed by atoms with Crippen LogP contribution in [0.15, 0.2) is 72.8 Å². The third kappa shape index (κ3) is 5.82. The predicted octanol–water partition coefficient (Wildman–Crippen LogP) is 4.57. The number of amides is 2. The molecule has 2 heterocycles. The Labute approximate surface area is 219 Å². The summed E-state index contributed by atoms with van der Waals surface area (Å²) in [7, 11) is 0. The van der Waals surface area contributed by atoms with Crippen molar-refractivity contribution in [1.29, 1.82) is 0 Å². The molecule has 1 atom stereocenters. The summed E-state index contributed by atoms with van der Waals surface area (Å²) in [4.78, 5) is 32.7. The fraction of sp³-hybridized carbons (Fsp3) is 0.400. The lowest BCUT2D eigenvalue weighted by Gasteiger charge is -2.36. The van der Waals surface area contributed by atoms with E-state index in [0.717, 1.165) is 54.9 Å². The number of carbonyl (C=O) groups excluding carboxylic acids is 2. The summed E-state index contributed by atoms with van der Waals surface area (Å²) in [6.07, 6.45) is 3.79. The van der Waals surface area contributed by atoms with Crippen molar-refractivity contribution >= 4 is 17.6 Å². The van der Waals surface area contributed by atoms with Crippen LogP contribution >= 0.6 is 0 Å². The Balaban J connectivity index is 1.23. The first kappa shape index (κ1) is 24.9. The van der Waals surface area contributed by atoms with Crippen LogP contribution in [-0.4, -0.2) is 64.5 Å². The van der Waals surface area contributed by atoms with E-state index in [1.165, 1.54) is 0 Å². The number of nitrogens with zero attached hydrogens (tertiary/aromatic N) is 5. The normalized spacial score (nSPS) is 17.0. The van der Waals surface area contributed by atoms with E-state index in [2.05, 4.69) is 15.1 Å². The molecule has 192 valence electrons. The topological polar surface area (TPSA) is 69.6 Å². The molecule has 0 spiro atoms. The highest BCUT2D eigenvalue weighted by Gasteiger charge is 2.34. The number of aromatic nitrogens is 2. The second kappa shape index (κ2) is 11.5. The first-order valence-electron chi connectivity index (χ1n) is 13.4. The Morgan fingerprint density at radius 3 is 2.24 bits per heavy atom. The van der Waals surface area contributed by atoms with E-state index in [1.807, 2.05) is 84.6 Å². The van der Waals surface area contributed by atoms with Gasteiger partial charge >= 0.3 is 0 Å². The van der Waals surface area contributed by atoms with Crippen LogP contribution in [0.25, 0.3) is 11.3 Å². The molecule has 0 N–H and O–H groups in total. The average Bonchev–Trinajstić information content (AvgIpc) is 3.18. The third-order valence-electron chi connectivity index (χ3n) is 7.69. The Kier molecular flexibility index (Phi) is 7.78. The molecule has 3 aromatic rings. The standard InChI is InChI=1S/C30H35N5O2/c1-23(24-10-4-2-5-11-24)35(30(37)26-14-8-15-26)22-29(36)34-19-9-18-33(20-21-34)28-17-16-27(31-32-28)25-12-6-3-7-13-25/h2-7,10-13,16-17,23,26H,8-9,14-15,18-22H2,1H3/t23-/m0/s1. The molecule has 0 radical (unpaired) electrons. The van der Waals surface area contributed by atoms with Crippen LogP contribution in [0.5, 0.6) is 0 Å². The minimum atomic E-state index is -0.139. The maximum absolute atomic E-state index is 13.5. The van der Waals surface area contributed by atoms with Gasteiger partial charge < -0.3 is 14.7 Å². The van der Waals surface area contributed by atoms with Gasteiger partial charge in [-0.1, -0.05) is 67.1 Å². The highest BCUT2D eigenvalue weighted by atomic mass is 16.2. The van der Waals surface area contributed by atoms with Crippen molar-refractivity contribution in [2.75, 3.05) is 37.6 Å². The highest BCUT2D eigenvalue weighted by Crippen LogP contribution is 2.32. The van der Waals surface area contributed by atoms with E-state index in [-0.39, 0.29) is 30.3 Å². The average molecular weight is 498 g/mol. The van der Waals surface area contributed by atoms with Gasteiger partial charge in [0, 0.05) is 37.7 Å². The van der Waals surface area contributed by atoms with Crippen LogP contribution in [0.2, 0.25) is 0 Å². The quantitative estimate of drug-likeness (QED) is 0.478. The second-order valence-corrected chi connectivity index (χ2v) is 10.0. The van der Waals surface area contributed by atoms with Crippen molar-refractivity contribution < 1.29 is 9.59 Å². The zero-order valence-electron chi connectivity index (χ0n) is 21.5. The van der Waals surface area contributed by atoms with E-state index in [1.54, 1.807) is 4.90 Å². The summed E-state index contributed by atoms with van der Waals surface area (Å²) in [6.45, 7) is 4.93. The third-order valence-corrected chi connectivity index (χ3v) is 7.69. The highest BCUT2D eigenvalue weighted by molar-refractivity contribution is 5.86. The molecule has 1 aliphatic heterocycles. The summed E-state index contributed by atoms with van der Waals surface area (Å²) in [6, 6.07) is 23.9. The number of benzene rings is 2. The van der Waals surface area contributed by atoms with Gasteiger partial charge in [-0.15, -0.1) is 10.2 Å². The van der Waals surface area contributed by atoms with Crippen LogP contribution in [0.1, 0.15) is 44.2 Å². The summed E-state index contributed by atoms with van der Waals surface area (Å²) < 4.78 is 0. The van der Waals surface area contributed by atoms with Crippen LogP contribution in [0.4, 0.5) is 5.82 Å². The zero-order valence-corrected chi connectivity index (χ0v) is 21.5. The van der Waals surface area contributed by atoms with Crippen LogP contribution in [0.3, 0.4) is 0 Å². The summed E-state index contributed by atoms with van der Waals surface area (Å²) in [5.41, 5.74) is 2.95. The fourth-order valence-corrected chi connectivity index (χ4v) is 5.11. The monoisotopic (exact) mass is 497 g/mol. The van der Waals surface area contributed by atoms with Crippen molar-refractivity contribution in [2.24, 2.45) is 5.92 Å². The molecule has 2 aliphatic rings. The Hall–Kier alpha value is -3.74. The van der Waals surface area contributed by atoms with E-state index in [0.29, 0.717) is 19.6 Å². The SMILES string of the molecule is C[C@@H](c1ccccc1)N(CC(=O)N1CCCN(c2ccc(-c3ccccc3)nn2)CC1)C(=O)C1CCC1. The van der Waals surface area contributed by atoms with Crippen molar-refractivity contribution in [3.63, 3.8) is 0 Å². The number of hydrogen-bond acceptors (Lipinski definition) is 5. The van der Waals surface area contributed by atoms with Crippen LogP contribution < -0.4 is 4.90 Å². The van der Waals surface area contributed by atoms with Crippen molar-refractivity contribution in [1.82, 2.24) is 20.0 Å². The van der Waals surface area contributed by atoms with Gasteiger partial charge in [0.2, 0.25) is 11.8 Å². The molecule has 7 heteroatoms. The first-order chi connectivity index (χ1) is 18.1. The Morgan fingerprint density at radius 1 is 0.865 bits per heavy atom. The molecule has 37 heavy (non-hydrogen) atoms. The van der Waals surface area contributed by atoms with Crippen LogP contribution in [-0.2, 0) is 9.59 Å². The molecular weight excluding hydrogens is 462 g/mol.